The zero-order chi connectivity index (χ0) is 20.7. The molecular weight excluding hydrogens is 379 g/mol. The molecule has 1 unspecified atom stereocenters. The molecule has 0 aliphatic heterocycles. The third kappa shape index (κ3) is 3.30. The molecule has 1 aliphatic carbocycles. The molecule has 4 nitrogen and oxygen atoms in total. The normalized spacial score (nSPS) is 14.0. The van der Waals surface area contributed by atoms with E-state index in [0.717, 1.165) is 29.8 Å². The van der Waals surface area contributed by atoms with E-state index in [1.807, 2.05) is 0 Å². The number of aromatic nitrogens is 2. The smallest absolute Gasteiger partial charge is 0.274 e. The Morgan fingerprint density at radius 3 is 2.55 bits per heavy atom. The number of para-hydroxylation sites is 1. The van der Waals surface area contributed by atoms with Gasteiger partial charge in [0.15, 0.2) is 17.3 Å². The average Bonchev–Trinajstić information content (AvgIpc) is 3.32. The molecule has 0 fully saturated rings. The Labute approximate surface area is 166 Å². The molecule has 7 heteroatoms. The van der Waals surface area contributed by atoms with Crippen LogP contribution in [-0.2, 0) is 12.8 Å². The molecule has 29 heavy (non-hydrogen) atoms. The van der Waals surface area contributed by atoms with E-state index in [-0.39, 0.29) is 11.6 Å². The third-order valence-electron chi connectivity index (χ3n) is 5.54. The highest BCUT2D eigenvalue weighted by atomic mass is 19.2. The Bertz CT molecular complexity index is 1090. The summed E-state index contributed by atoms with van der Waals surface area (Å²) in [6, 6.07) is 9.41. The first kappa shape index (κ1) is 19.2. The van der Waals surface area contributed by atoms with Crippen LogP contribution < -0.4 is 0 Å². The highest BCUT2D eigenvalue weighted by Gasteiger charge is 2.31. The van der Waals surface area contributed by atoms with Gasteiger partial charge in [-0.05, 0) is 56.0 Å². The van der Waals surface area contributed by atoms with Crippen LogP contribution in [-0.4, -0.2) is 27.6 Å². The van der Waals surface area contributed by atoms with Crippen molar-refractivity contribution in [3.63, 3.8) is 0 Å². The standard InChI is InChI=1S/C22H20F3N3O/c1-13(14-10-11-16(23)18(25)12-14)27(2)22(29)21-15-6-5-9-19(15)28(26-21)20-8-4-3-7-17(20)24/h3-4,7-8,10-13H,5-6,9H2,1-2H3. The van der Waals surface area contributed by atoms with Crippen molar-refractivity contribution in [1.29, 1.82) is 0 Å². The van der Waals surface area contributed by atoms with Gasteiger partial charge in [-0.3, -0.25) is 4.79 Å². The van der Waals surface area contributed by atoms with E-state index in [4.69, 9.17) is 0 Å². The summed E-state index contributed by atoms with van der Waals surface area (Å²) in [4.78, 5) is 14.6. The third-order valence-corrected chi connectivity index (χ3v) is 5.54. The molecule has 1 aliphatic rings. The van der Waals surface area contributed by atoms with Gasteiger partial charge in [-0.2, -0.15) is 5.10 Å². The fourth-order valence-electron chi connectivity index (χ4n) is 3.77. The molecule has 0 saturated carbocycles. The van der Waals surface area contributed by atoms with Gasteiger partial charge in [0.05, 0.1) is 6.04 Å². The number of rotatable bonds is 4. The summed E-state index contributed by atoms with van der Waals surface area (Å²) in [7, 11) is 1.59. The summed E-state index contributed by atoms with van der Waals surface area (Å²) in [5.41, 5.74) is 2.72. The number of amides is 1. The molecule has 1 heterocycles. The Balaban J connectivity index is 1.69. The number of carbonyl (C=O) groups is 1. The van der Waals surface area contributed by atoms with Gasteiger partial charge in [0.25, 0.3) is 5.91 Å². The second-order valence-electron chi connectivity index (χ2n) is 7.26. The highest BCUT2D eigenvalue weighted by molar-refractivity contribution is 5.94. The van der Waals surface area contributed by atoms with E-state index in [0.29, 0.717) is 24.1 Å². The van der Waals surface area contributed by atoms with Gasteiger partial charge in [0.1, 0.15) is 11.5 Å². The Morgan fingerprint density at radius 1 is 1.07 bits per heavy atom. The van der Waals surface area contributed by atoms with Gasteiger partial charge in [-0.15, -0.1) is 0 Å². The van der Waals surface area contributed by atoms with E-state index < -0.39 is 23.5 Å². The van der Waals surface area contributed by atoms with Crippen molar-refractivity contribution in [2.75, 3.05) is 7.05 Å². The van der Waals surface area contributed by atoms with E-state index in [1.54, 1.807) is 32.2 Å². The molecule has 3 aromatic rings. The van der Waals surface area contributed by atoms with Crippen LogP contribution in [0.25, 0.3) is 5.69 Å². The minimum Gasteiger partial charge on any atom is -0.334 e. The lowest BCUT2D eigenvalue weighted by molar-refractivity contribution is 0.0734. The van der Waals surface area contributed by atoms with Gasteiger partial charge in [0.2, 0.25) is 0 Å². The van der Waals surface area contributed by atoms with Crippen molar-refractivity contribution >= 4 is 5.91 Å². The van der Waals surface area contributed by atoms with E-state index >= 15 is 0 Å². The number of hydrogen-bond acceptors (Lipinski definition) is 2. The summed E-state index contributed by atoms with van der Waals surface area (Å²) < 4.78 is 42.7. The number of benzene rings is 2. The van der Waals surface area contributed by atoms with E-state index in [2.05, 4.69) is 5.10 Å². The lowest BCUT2D eigenvalue weighted by Crippen LogP contribution is -2.30. The largest absolute Gasteiger partial charge is 0.334 e. The molecule has 0 bridgehead atoms. The number of fused-ring (bicyclic) bond motifs is 1. The predicted molar refractivity (Wildman–Crippen MR) is 102 cm³/mol. The van der Waals surface area contributed by atoms with Gasteiger partial charge >= 0.3 is 0 Å². The number of nitrogens with zero attached hydrogens (tertiary/aromatic N) is 3. The minimum absolute atomic E-state index is 0.276. The minimum atomic E-state index is -0.958. The summed E-state index contributed by atoms with van der Waals surface area (Å²) >= 11 is 0. The first-order valence-corrected chi connectivity index (χ1v) is 9.46. The van der Waals surface area contributed by atoms with E-state index in [1.165, 1.54) is 21.7 Å². The molecule has 2 aromatic carbocycles. The van der Waals surface area contributed by atoms with Crippen molar-refractivity contribution in [3.8, 4) is 5.69 Å². The van der Waals surface area contributed by atoms with Crippen LogP contribution in [0.2, 0.25) is 0 Å². The molecular formula is C22H20F3N3O. The molecule has 1 atom stereocenters. The summed E-state index contributed by atoms with van der Waals surface area (Å²) in [6.45, 7) is 1.73. The van der Waals surface area contributed by atoms with Gasteiger partial charge in [-0.25, -0.2) is 17.9 Å². The second kappa shape index (κ2) is 7.39. The highest BCUT2D eigenvalue weighted by Crippen LogP contribution is 2.31. The SMILES string of the molecule is CC(c1ccc(F)c(F)c1)N(C)C(=O)c1nn(-c2ccccc2F)c2c1CCC2. The van der Waals surface area contributed by atoms with Crippen LogP contribution in [0.4, 0.5) is 13.2 Å². The lowest BCUT2D eigenvalue weighted by atomic mass is 10.1. The molecule has 150 valence electrons. The molecule has 4 rings (SSSR count). The van der Waals surface area contributed by atoms with Crippen LogP contribution in [0.5, 0.6) is 0 Å². The molecule has 0 N–H and O–H groups in total. The fourth-order valence-corrected chi connectivity index (χ4v) is 3.77. The van der Waals surface area contributed by atoms with Crippen molar-refractivity contribution in [2.45, 2.75) is 32.2 Å². The zero-order valence-electron chi connectivity index (χ0n) is 16.1. The van der Waals surface area contributed by atoms with Gasteiger partial charge in [0, 0.05) is 18.3 Å². The second-order valence-corrected chi connectivity index (χ2v) is 7.26. The molecule has 0 saturated heterocycles. The monoisotopic (exact) mass is 399 g/mol. The summed E-state index contributed by atoms with van der Waals surface area (Å²) in [5, 5.41) is 4.44. The molecule has 1 amide bonds. The average molecular weight is 399 g/mol. The number of hydrogen-bond donors (Lipinski definition) is 0. The summed E-state index contributed by atoms with van der Waals surface area (Å²) in [6.07, 6.45) is 2.27. The summed E-state index contributed by atoms with van der Waals surface area (Å²) in [5.74, 6) is -2.64. The Kier molecular flexibility index (Phi) is 4.90. The molecule has 0 spiro atoms. The van der Waals surface area contributed by atoms with Crippen LogP contribution in [0.3, 0.4) is 0 Å². The van der Waals surface area contributed by atoms with Crippen molar-refractivity contribution in [2.24, 2.45) is 0 Å². The van der Waals surface area contributed by atoms with Crippen LogP contribution in [0.15, 0.2) is 42.5 Å². The number of carbonyl (C=O) groups excluding carboxylic acids is 1. The van der Waals surface area contributed by atoms with Crippen molar-refractivity contribution < 1.29 is 18.0 Å². The van der Waals surface area contributed by atoms with Crippen LogP contribution >= 0.6 is 0 Å². The van der Waals surface area contributed by atoms with Crippen molar-refractivity contribution in [3.05, 3.63) is 82.4 Å². The van der Waals surface area contributed by atoms with Gasteiger partial charge in [-0.1, -0.05) is 18.2 Å². The maximum Gasteiger partial charge on any atom is 0.274 e. The fraction of sp³-hybridized carbons (Fsp3) is 0.273. The Hall–Kier alpha value is -3.09. The number of halogens is 3. The Morgan fingerprint density at radius 2 is 1.83 bits per heavy atom. The van der Waals surface area contributed by atoms with E-state index in [9.17, 15) is 18.0 Å². The topological polar surface area (TPSA) is 38.1 Å². The first-order valence-electron chi connectivity index (χ1n) is 9.46. The maximum absolute atomic E-state index is 14.3. The molecule has 1 aromatic heterocycles. The first-order chi connectivity index (χ1) is 13.9. The van der Waals surface area contributed by atoms with Crippen LogP contribution in [0.1, 0.15) is 46.7 Å². The van der Waals surface area contributed by atoms with Crippen LogP contribution in [0, 0.1) is 17.5 Å². The predicted octanol–water partition coefficient (Wildman–Crippen LogP) is 4.61. The lowest BCUT2D eigenvalue weighted by Gasteiger charge is -2.25. The quantitative estimate of drug-likeness (QED) is 0.643. The zero-order valence-corrected chi connectivity index (χ0v) is 16.1. The van der Waals surface area contributed by atoms with Gasteiger partial charge < -0.3 is 4.90 Å². The maximum atomic E-state index is 14.3. The van der Waals surface area contributed by atoms with Crippen molar-refractivity contribution in [1.82, 2.24) is 14.7 Å². The molecule has 0 radical (unpaired) electrons.